The van der Waals surface area contributed by atoms with Crippen molar-refractivity contribution in [1.29, 1.82) is 0 Å². The Hall–Kier alpha value is -0.770. The fourth-order valence-corrected chi connectivity index (χ4v) is 3.16. The van der Waals surface area contributed by atoms with Gasteiger partial charge in [0.25, 0.3) is 0 Å². The number of amides is 1. The van der Waals surface area contributed by atoms with Gasteiger partial charge in [-0.1, -0.05) is 20.3 Å². The van der Waals surface area contributed by atoms with Gasteiger partial charge in [0, 0.05) is 14.1 Å². The average molecular weight is 299 g/mol. The van der Waals surface area contributed by atoms with Gasteiger partial charge in [-0.2, -0.15) is 0 Å². The Kier molecular flexibility index (Phi) is 6.09. The fourth-order valence-electron chi connectivity index (χ4n) is 3.16. The third-order valence-corrected chi connectivity index (χ3v) is 4.32. The van der Waals surface area contributed by atoms with Crippen LogP contribution in [0, 0.1) is 11.3 Å². The van der Waals surface area contributed by atoms with Crippen LogP contribution in [-0.2, 0) is 9.47 Å². The minimum atomic E-state index is -0.452. The first-order chi connectivity index (χ1) is 9.52. The first kappa shape index (κ1) is 18.3. The normalized spacial score (nSPS) is 23.5. The molecule has 124 valence electrons. The molecule has 0 heterocycles. The van der Waals surface area contributed by atoms with Crippen molar-refractivity contribution in [3.05, 3.63) is 0 Å². The van der Waals surface area contributed by atoms with Crippen molar-refractivity contribution in [2.75, 3.05) is 20.7 Å². The lowest BCUT2D eigenvalue weighted by molar-refractivity contribution is -0.122. The zero-order valence-electron chi connectivity index (χ0n) is 14.9. The molecule has 1 fully saturated rings. The molecule has 1 amide bonds. The summed E-state index contributed by atoms with van der Waals surface area (Å²) in [7, 11) is 3.37. The maximum absolute atomic E-state index is 11.5. The summed E-state index contributed by atoms with van der Waals surface area (Å²) in [5.74, 6) is 0.595. The molecule has 0 spiro atoms. The van der Waals surface area contributed by atoms with Gasteiger partial charge in [0.1, 0.15) is 6.61 Å². The lowest BCUT2D eigenvalue weighted by Crippen LogP contribution is -2.40. The van der Waals surface area contributed by atoms with Gasteiger partial charge in [-0.3, -0.25) is 0 Å². The smallest absolute Gasteiger partial charge is 0.409 e. The summed E-state index contributed by atoms with van der Waals surface area (Å²) in [4.78, 5) is 12.9. The Labute approximate surface area is 130 Å². The molecule has 1 aliphatic rings. The van der Waals surface area contributed by atoms with Crippen molar-refractivity contribution in [3.63, 3.8) is 0 Å². The summed E-state index contributed by atoms with van der Waals surface area (Å²) in [6.07, 6.45) is 4.90. The van der Waals surface area contributed by atoms with Gasteiger partial charge >= 0.3 is 6.09 Å². The van der Waals surface area contributed by atoms with Crippen LogP contribution >= 0.6 is 0 Å². The Balaban J connectivity index is 2.48. The average Bonchev–Trinajstić information content (AvgIpc) is 2.34. The molecule has 0 aromatic rings. The molecule has 4 nitrogen and oxygen atoms in total. The minimum absolute atomic E-state index is 0.192. The number of carbonyl (C=O) groups excluding carboxylic acids is 1. The second-order valence-electron chi connectivity index (χ2n) is 8.05. The summed E-state index contributed by atoms with van der Waals surface area (Å²) in [6.45, 7) is 11.1. The quantitative estimate of drug-likeness (QED) is 0.767. The number of hydrogen-bond acceptors (Lipinski definition) is 3. The third-order valence-electron chi connectivity index (χ3n) is 4.32. The van der Waals surface area contributed by atoms with Crippen LogP contribution in [0.25, 0.3) is 0 Å². The highest BCUT2D eigenvalue weighted by atomic mass is 16.6. The first-order valence-corrected chi connectivity index (χ1v) is 8.04. The second kappa shape index (κ2) is 6.99. The summed E-state index contributed by atoms with van der Waals surface area (Å²) in [5.41, 5.74) is -0.0330. The summed E-state index contributed by atoms with van der Waals surface area (Å²) >= 11 is 0. The minimum Gasteiger partial charge on any atom is -0.446 e. The number of nitrogens with zero attached hydrogens (tertiary/aromatic N) is 1. The SMILES string of the molecule is CC(OC(C)(C)COC(=O)N(C)C)C1CCCC(C)(C)C1. The number of rotatable bonds is 5. The van der Waals surface area contributed by atoms with Crippen LogP contribution in [0.5, 0.6) is 0 Å². The molecule has 1 rings (SSSR count). The first-order valence-electron chi connectivity index (χ1n) is 8.04. The molecule has 4 heteroatoms. The Morgan fingerprint density at radius 2 is 2.00 bits per heavy atom. The van der Waals surface area contributed by atoms with E-state index < -0.39 is 5.60 Å². The Morgan fingerprint density at radius 1 is 1.38 bits per heavy atom. The highest BCUT2D eigenvalue weighted by Gasteiger charge is 2.34. The maximum atomic E-state index is 11.5. The van der Waals surface area contributed by atoms with E-state index in [2.05, 4.69) is 20.8 Å². The van der Waals surface area contributed by atoms with E-state index in [9.17, 15) is 4.79 Å². The molecule has 21 heavy (non-hydrogen) atoms. The van der Waals surface area contributed by atoms with Gasteiger partial charge in [0.15, 0.2) is 0 Å². The third kappa shape index (κ3) is 6.25. The van der Waals surface area contributed by atoms with Gasteiger partial charge in [-0.25, -0.2) is 4.79 Å². The lowest BCUT2D eigenvalue weighted by atomic mass is 9.71. The predicted octanol–water partition coefficient (Wildman–Crippen LogP) is 4.08. The van der Waals surface area contributed by atoms with Crippen LogP contribution in [0.4, 0.5) is 4.79 Å². The molecule has 1 saturated carbocycles. The summed E-state index contributed by atoms with van der Waals surface area (Å²) in [5, 5.41) is 0. The van der Waals surface area contributed by atoms with Crippen molar-refractivity contribution < 1.29 is 14.3 Å². The molecule has 0 aromatic carbocycles. The summed E-state index contributed by atoms with van der Waals surface area (Å²) in [6, 6.07) is 0. The van der Waals surface area contributed by atoms with Gasteiger partial charge in [-0.05, 0) is 51.4 Å². The van der Waals surface area contributed by atoms with Crippen molar-refractivity contribution >= 4 is 6.09 Å². The zero-order chi connectivity index (χ0) is 16.3. The van der Waals surface area contributed by atoms with Crippen molar-refractivity contribution in [2.24, 2.45) is 11.3 Å². The Bertz CT molecular complexity index is 350. The van der Waals surface area contributed by atoms with Crippen LogP contribution in [0.2, 0.25) is 0 Å². The molecule has 0 radical (unpaired) electrons. The number of ether oxygens (including phenoxy) is 2. The van der Waals surface area contributed by atoms with Crippen molar-refractivity contribution in [1.82, 2.24) is 4.90 Å². The van der Waals surface area contributed by atoms with E-state index in [1.165, 1.54) is 30.6 Å². The molecule has 0 aromatic heterocycles. The van der Waals surface area contributed by atoms with Crippen LogP contribution in [0.1, 0.15) is 60.3 Å². The van der Waals surface area contributed by atoms with Gasteiger partial charge < -0.3 is 14.4 Å². The molecular weight excluding hydrogens is 266 g/mol. The molecular formula is C17H33NO3. The molecule has 1 aliphatic carbocycles. The maximum Gasteiger partial charge on any atom is 0.409 e. The van der Waals surface area contributed by atoms with Gasteiger partial charge in [0.2, 0.25) is 0 Å². The van der Waals surface area contributed by atoms with Crippen LogP contribution in [-0.4, -0.2) is 43.4 Å². The predicted molar refractivity (Wildman–Crippen MR) is 85.4 cm³/mol. The van der Waals surface area contributed by atoms with Crippen molar-refractivity contribution in [2.45, 2.75) is 72.0 Å². The van der Waals surface area contributed by atoms with Crippen LogP contribution in [0.15, 0.2) is 0 Å². The van der Waals surface area contributed by atoms with Crippen LogP contribution < -0.4 is 0 Å². The topological polar surface area (TPSA) is 38.8 Å². The van der Waals surface area contributed by atoms with E-state index in [4.69, 9.17) is 9.47 Å². The number of hydrogen-bond donors (Lipinski definition) is 0. The highest BCUT2D eigenvalue weighted by Crippen LogP contribution is 2.41. The van der Waals surface area contributed by atoms with Crippen molar-refractivity contribution in [3.8, 4) is 0 Å². The zero-order valence-corrected chi connectivity index (χ0v) is 14.9. The number of carbonyl (C=O) groups is 1. The second-order valence-corrected chi connectivity index (χ2v) is 8.05. The molecule has 2 unspecified atom stereocenters. The Morgan fingerprint density at radius 3 is 2.52 bits per heavy atom. The molecule has 0 bridgehead atoms. The fraction of sp³-hybridized carbons (Fsp3) is 0.941. The van der Waals surface area contributed by atoms with Gasteiger partial charge in [0.05, 0.1) is 11.7 Å². The van der Waals surface area contributed by atoms with E-state index >= 15 is 0 Å². The standard InChI is InChI=1S/C17H33NO3/c1-13(14-9-8-10-16(2,3)11-14)21-17(4,5)12-20-15(19)18(6)7/h13-14H,8-12H2,1-7H3. The summed E-state index contributed by atoms with van der Waals surface area (Å²) < 4.78 is 11.5. The van der Waals surface area contributed by atoms with Crippen LogP contribution in [0.3, 0.4) is 0 Å². The monoisotopic (exact) mass is 299 g/mol. The van der Waals surface area contributed by atoms with E-state index in [0.29, 0.717) is 11.3 Å². The van der Waals surface area contributed by atoms with E-state index in [0.717, 1.165) is 0 Å². The van der Waals surface area contributed by atoms with E-state index in [1.807, 2.05) is 13.8 Å². The van der Waals surface area contributed by atoms with E-state index in [1.54, 1.807) is 14.1 Å². The largest absolute Gasteiger partial charge is 0.446 e. The highest BCUT2D eigenvalue weighted by molar-refractivity contribution is 5.66. The lowest BCUT2D eigenvalue weighted by Gasteiger charge is -2.40. The molecule has 0 aliphatic heterocycles. The molecule has 0 N–H and O–H groups in total. The van der Waals surface area contributed by atoms with E-state index in [-0.39, 0.29) is 18.8 Å². The molecule has 0 saturated heterocycles. The molecule has 2 atom stereocenters. The van der Waals surface area contributed by atoms with Gasteiger partial charge in [-0.15, -0.1) is 0 Å².